The lowest BCUT2D eigenvalue weighted by molar-refractivity contribution is 0.0939. The van der Waals surface area contributed by atoms with Crippen LogP contribution in [0.25, 0.3) is 5.69 Å². The Morgan fingerprint density at radius 2 is 1.96 bits per heavy atom. The van der Waals surface area contributed by atoms with E-state index >= 15 is 0 Å². The predicted molar refractivity (Wildman–Crippen MR) is 106 cm³/mol. The van der Waals surface area contributed by atoms with Crippen molar-refractivity contribution in [2.45, 2.75) is 33.2 Å². The molecule has 0 spiro atoms. The fraction of sp³-hybridized carbons (Fsp3) is 0.273. The monoisotopic (exact) mass is 363 g/mol. The third-order valence-corrected chi connectivity index (χ3v) is 4.43. The summed E-state index contributed by atoms with van der Waals surface area (Å²) in [6.45, 7) is 6.67. The largest absolute Gasteiger partial charge is 0.494 e. The van der Waals surface area contributed by atoms with E-state index in [-0.39, 0.29) is 11.9 Å². The fourth-order valence-corrected chi connectivity index (χ4v) is 2.98. The highest BCUT2D eigenvalue weighted by atomic mass is 16.5. The molecule has 1 amide bonds. The molecule has 5 nitrogen and oxygen atoms in total. The Labute approximate surface area is 160 Å². The van der Waals surface area contributed by atoms with Gasteiger partial charge in [-0.2, -0.15) is 5.10 Å². The first-order valence-corrected chi connectivity index (χ1v) is 9.23. The first kappa shape index (κ1) is 18.7. The quantitative estimate of drug-likeness (QED) is 0.674. The Hall–Kier alpha value is -3.08. The molecule has 1 aromatic heterocycles. The molecule has 3 aromatic rings. The van der Waals surface area contributed by atoms with Crippen molar-refractivity contribution in [3.63, 3.8) is 0 Å². The van der Waals surface area contributed by atoms with Crippen molar-refractivity contribution in [1.82, 2.24) is 15.1 Å². The van der Waals surface area contributed by atoms with Gasteiger partial charge in [0, 0.05) is 16.8 Å². The molecule has 0 radical (unpaired) electrons. The molecule has 1 unspecified atom stereocenters. The van der Waals surface area contributed by atoms with E-state index in [2.05, 4.69) is 17.3 Å². The first-order chi connectivity index (χ1) is 13.1. The zero-order chi connectivity index (χ0) is 19.2. The highest BCUT2D eigenvalue weighted by Gasteiger charge is 2.17. The Morgan fingerprint density at radius 3 is 2.70 bits per heavy atom. The van der Waals surface area contributed by atoms with E-state index < -0.39 is 0 Å². The van der Waals surface area contributed by atoms with Crippen LogP contribution < -0.4 is 10.1 Å². The number of rotatable bonds is 7. The van der Waals surface area contributed by atoms with Crippen LogP contribution in [0.1, 0.15) is 47.9 Å². The van der Waals surface area contributed by atoms with Crippen LogP contribution in [0.5, 0.6) is 5.75 Å². The lowest BCUT2D eigenvalue weighted by Gasteiger charge is -2.15. The normalized spacial score (nSPS) is 11.8. The summed E-state index contributed by atoms with van der Waals surface area (Å²) in [7, 11) is 0. The minimum absolute atomic E-state index is 0.128. The molecule has 140 valence electrons. The van der Waals surface area contributed by atoms with Gasteiger partial charge < -0.3 is 10.1 Å². The second-order valence-electron chi connectivity index (χ2n) is 6.50. The van der Waals surface area contributed by atoms with Crippen LogP contribution in [0.3, 0.4) is 0 Å². The van der Waals surface area contributed by atoms with Gasteiger partial charge in [0.1, 0.15) is 5.75 Å². The number of hydrogen-bond donors (Lipinski definition) is 1. The van der Waals surface area contributed by atoms with Gasteiger partial charge in [0.05, 0.1) is 24.5 Å². The van der Waals surface area contributed by atoms with Crippen molar-refractivity contribution in [2.75, 3.05) is 6.61 Å². The van der Waals surface area contributed by atoms with E-state index in [9.17, 15) is 4.79 Å². The van der Waals surface area contributed by atoms with Gasteiger partial charge in [-0.3, -0.25) is 4.79 Å². The molecule has 3 rings (SSSR count). The lowest BCUT2D eigenvalue weighted by atomic mass is 10.1. The number of carbonyl (C=O) groups is 1. The summed E-state index contributed by atoms with van der Waals surface area (Å²) >= 11 is 0. The fourth-order valence-electron chi connectivity index (χ4n) is 2.98. The maximum atomic E-state index is 12.6. The molecule has 1 atom stereocenters. The van der Waals surface area contributed by atoms with Crippen LogP contribution in [0.2, 0.25) is 0 Å². The minimum atomic E-state index is -0.157. The predicted octanol–water partition coefficient (Wildman–Crippen LogP) is 4.46. The molecule has 0 aliphatic rings. The van der Waals surface area contributed by atoms with Crippen molar-refractivity contribution in [3.05, 3.63) is 77.6 Å². The van der Waals surface area contributed by atoms with Gasteiger partial charge >= 0.3 is 0 Å². The topological polar surface area (TPSA) is 56.1 Å². The van der Waals surface area contributed by atoms with E-state index in [1.807, 2.05) is 67.2 Å². The van der Waals surface area contributed by atoms with Gasteiger partial charge in [-0.25, -0.2) is 4.68 Å². The van der Waals surface area contributed by atoms with E-state index in [1.165, 1.54) is 0 Å². The number of amides is 1. The van der Waals surface area contributed by atoms with E-state index in [0.29, 0.717) is 17.9 Å². The highest BCUT2D eigenvalue weighted by molar-refractivity contribution is 5.94. The van der Waals surface area contributed by atoms with Crippen LogP contribution in [-0.4, -0.2) is 22.3 Å². The number of carbonyl (C=O) groups excluding carboxylic acids is 1. The van der Waals surface area contributed by atoms with E-state index in [0.717, 1.165) is 23.4 Å². The summed E-state index contributed by atoms with van der Waals surface area (Å²) in [6.07, 6.45) is 2.74. The van der Waals surface area contributed by atoms with Gasteiger partial charge in [0.25, 0.3) is 5.91 Å². The van der Waals surface area contributed by atoms with Crippen LogP contribution in [-0.2, 0) is 0 Å². The summed E-state index contributed by atoms with van der Waals surface area (Å²) in [6, 6.07) is 17.1. The lowest BCUT2D eigenvalue weighted by Crippen LogP contribution is -2.27. The van der Waals surface area contributed by atoms with Gasteiger partial charge in [-0.05, 0) is 50.6 Å². The number of benzene rings is 2. The van der Waals surface area contributed by atoms with E-state index in [4.69, 9.17) is 4.74 Å². The standard InChI is InChI=1S/C22H25N3O2/c1-4-13-27-20-12-8-9-18(14-20)22(26)24-16(2)21-15-23-25(17(21)3)19-10-6-5-7-11-19/h5-12,14-16H,4,13H2,1-3H3,(H,24,26). The summed E-state index contributed by atoms with van der Waals surface area (Å²) in [5.41, 5.74) is 3.59. The van der Waals surface area contributed by atoms with Crippen molar-refractivity contribution in [2.24, 2.45) is 0 Å². The molecule has 0 fully saturated rings. The number of nitrogens with one attached hydrogen (secondary N) is 1. The maximum absolute atomic E-state index is 12.6. The molecule has 1 heterocycles. The third kappa shape index (κ3) is 4.37. The Morgan fingerprint density at radius 1 is 1.19 bits per heavy atom. The summed E-state index contributed by atoms with van der Waals surface area (Å²) in [5, 5.41) is 7.53. The van der Waals surface area contributed by atoms with E-state index in [1.54, 1.807) is 12.1 Å². The molecule has 0 aliphatic heterocycles. The average molecular weight is 363 g/mol. The number of aromatic nitrogens is 2. The maximum Gasteiger partial charge on any atom is 0.251 e. The van der Waals surface area contributed by atoms with Crippen LogP contribution in [0.4, 0.5) is 0 Å². The summed E-state index contributed by atoms with van der Waals surface area (Å²) in [5.74, 6) is 0.585. The zero-order valence-corrected chi connectivity index (χ0v) is 16.0. The number of nitrogens with zero attached hydrogens (tertiary/aromatic N) is 2. The zero-order valence-electron chi connectivity index (χ0n) is 16.0. The molecule has 1 N–H and O–H groups in total. The second-order valence-corrected chi connectivity index (χ2v) is 6.50. The van der Waals surface area contributed by atoms with Crippen molar-refractivity contribution in [3.8, 4) is 11.4 Å². The van der Waals surface area contributed by atoms with Gasteiger partial charge in [-0.1, -0.05) is 31.2 Å². The van der Waals surface area contributed by atoms with Gasteiger partial charge in [0.2, 0.25) is 0 Å². The van der Waals surface area contributed by atoms with Crippen molar-refractivity contribution in [1.29, 1.82) is 0 Å². The Bertz CT molecular complexity index is 903. The number of hydrogen-bond acceptors (Lipinski definition) is 3. The molecule has 0 saturated heterocycles. The SMILES string of the molecule is CCCOc1cccc(C(=O)NC(C)c2cnn(-c3ccccc3)c2C)c1. The average Bonchev–Trinajstić information content (AvgIpc) is 3.08. The van der Waals surface area contributed by atoms with Crippen molar-refractivity contribution >= 4 is 5.91 Å². The van der Waals surface area contributed by atoms with Gasteiger partial charge in [0.15, 0.2) is 0 Å². The van der Waals surface area contributed by atoms with Crippen LogP contribution in [0, 0.1) is 6.92 Å². The molecule has 27 heavy (non-hydrogen) atoms. The van der Waals surface area contributed by atoms with Gasteiger partial charge in [-0.15, -0.1) is 0 Å². The molecule has 2 aromatic carbocycles. The highest BCUT2D eigenvalue weighted by Crippen LogP contribution is 2.21. The molecule has 0 aliphatic carbocycles. The number of para-hydroxylation sites is 1. The Balaban J connectivity index is 1.73. The summed E-state index contributed by atoms with van der Waals surface area (Å²) < 4.78 is 7.50. The Kier molecular flexibility index (Phi) is 5.91. The molecular formula is C22H25N3O2. The summed E-state index contributed by atoms with van der Waals surface area (Å²) in [4.78, 5) is 12.6. The van der Waals surface area contributed by atoms with Crippen LogP contribution >= 0.6 is 0 Å². The third-order valence-electron chi connectivity index (χ3n) is 4.43. The second kappa shape index (κ2) is 8.54. The molecule has 0 bridgehead atoms. The molecule has 5 heteroatoms. The smallest absolute Gasteiger partial charge is 0.251 e. The molecular weight excluding hydrogens is 338 g/mol. The minimum Gasteiger partial charge on any atom is -0.494 e. The first-order valence-electron chi connectivity index (χ1n) is 9.23. The number of ether oxygens (including phenoxy) is 1. The van der Waals surface area contributed by atoms with Crippen LogP contribution in [0.15, 0.2) is 60.8 Å². The van der Waals surface area contributed by atoms with Crippen molar-refractivity contribution < 1.29 is 9.53 Å². The molecule has 0 saturated carbocycles.